The lowest BCUT2D eigenvalue weighted by Gasteiger charge is -2.09. The highest BCUT2D eigenvalue weighted by Gasteiger charge is 2.12. The molecule has 2 aromatic carbocycles. The minimum absolute atomic E-state index is 0.170. The van der Waals surface area contributed by atoms with Gasteiger partial charge in [0.25, 0.3) is 0 Å². The predicted molar refractivity (Wildman–Crippen MR) is 77.5 cm³/mol. The molecule has 0 aliphatic heterocycles. The van der Waals surface area contributed by atoms with Gasteiger partial charge in [-0.05, 0) is 35.6 Å². The fourth-order valence-corrected chi connectivity index (χ4v) is 2.02. The molecule has 0 saturated carbocycles. The molecule has 0 aliphatic rings. The van der Waals surface area contributed by atoms with E-state index in [4.69, 9.17) is 10.8 Å². The van der Waals surface area contributed by atoms with Crippen molar-refractivity contribution >= 4 is 5.97 Å². The van der Waals surface area contributed by atoms with Crippen LogP contribution in [0.3, 0.4) is 0 Å². The van der Waals surface area contributed by atoms with Crippen molar-refractivity contribution in [2.24, 2.45) is 5.73 Å². The Labute approximate surface area is 117 Å². The number of nitrogens with two attached hydrogens (primary N) is 1. The Hall–Kier alpha value is -2.33. The molecule has 2 aromatic rings. The maximum atomic E-state index is 10.7. The van der Waals surface area contributed by atoms with E-state index in [9.17, 15) is 9.90 Å². The Morgan fingerprint density at radius 1 is 1.10 bits per heavy atom. The van der Waals surface area contributed by atoms with Crippen LogP contribution < -0.4 is 5.73 Å². The monoisotopic (exact) mass is 271 g/mol. The van der Waals surface area contributed by atoms with Gasteiger partial charge in [0.2, 0.25) is 0 Å². The van der Waals surface area contributed by atoms with Crippen LogP contribution in [0.5, 0.6) is 5.75 Å². The van der Waals surface area contributed by atoms with Crippen molar-refractivity contribution in [3.8, 4) is 16.9 Å². The van der Waals surface area contributed by atoms with Crippen LogP contribution in [-0.2, 0) is 11.2 Å². The number of carboxylic acid groups (broad SMARTS) is 1. The maximum Gasteiger partial charge on any atom is 0.320 e. The minimum atomic E-state index is -1.02. The molecule has 0 saturated heterocycles. The van der Waals surface area contributed by atoms with E-state index in [-0.39, 0.29) is 5.75 Å². The standard InChI is InChI=1S/C16H17NO3/c17-14(16(19)20)9-8-12-6-7-13(10-15(12)18)11-4-2-1-3-5-11/h1-7,10,14,18H,8-9,17H2,(H,19,20). The predicted octanol–water partition coefficient (Wildman–Crippen LogP) is 2.40. The van der Waals surface area contributed by atoms with E-state index >= 15 is 0 Å². The first-order chi connectivity index (χ1) is 9.58. The summed E-state index contributed by atoms with van der Waals surface area (Å²) in [5.41, 5.74) is 8.11. The minimum Gasteiger partial charge on any atom is -0.508 e. The zero-order valence-electron chi connectivity index (χ0n) is 11.0. The summed E-state index contributed by atoms with van der Waals surface area (Å²) in [6, 6.07) is 14.3. The number of aryl methyl sites for hydroxylation is 1. The molecule has 0 spiro atoms. The van der Waals surface area contributed by atoms with Crippen LogP contribution >= 0.6 is 0 Å². The largest absolute Gasteiger partial charge is 0.508 e. The van der Waals surface area contributed by atoms with Crippen LogP contribution in [0.4, 0.5) is 0 Å². The van der Waals surface area contributed by atoms with Gasteiger partial charge in [-0.1, -0.05) is 42.5 Å². The Balaban J connectivity index is 2.12. The van der Waals surface area contributed by atoms with Crippen molar-refractivity contribution < 1.29 is 15.0 Å². The average molecular weight is 271 g/mol. The van der Waals surface area contributed by atoms with Crippen molar-refractivity contribution in [1.29, 1.82) is 0 Å². The first-order valence-corrected chi connectivity index (χ1v) is 6.43. The summed E-state index contributed by atoms with van der Waals surface area (Å²) in [6.45, 7) is 0. The van der Waals surface area contributed by atoms with Gasteiger partial charge >= 0.3 is 5.97 Å². The van der Waals surface area contributed by atoms with Gasteiger partial charge in [0.05, 0.1) is 0 Å². The molecule has 0 aromatic heterocycles. The molecule has 104 valence electrons. The number of aromatic hydroxyl groups is 1. The molecule has 0 fully saturated rings. The molecule has 20 heavy (non-hydrogen) atoms. The molecular formula is C16H17NO3. The van der Waals surface area contributed by atoms with Crippen molar-refractivity contribution in [2.75, 3.05) is 0 Å². The number of benzene rings is 2. The molecule has 0 aliphatic carbocycles. The molecule has 4 N–H and O–H groups in total. The molecule has 4 heteroatoms. The van der Waals surface area contributed by atoms with E-state index in [0.717, 1.165) is 11.1 Å². The van der Waals surface area contributed by atoms with Crippen LogP contribution in [0.2, 0.25) is 0 Å². The van der Waals surface area contributed by atoms with Gasteiger partial charge in [-0.2, -0.15) is 0 Å². The van der Waals surface area contributed by atoms with Crippen molar-refractivity contribution in [2.45, 2.75) is 18.9 Å². The van der Waals surface area contributed by atoms with E-state index in [2.05, 4.69) is 0 Å². The molecule has 2 rings (SSSR count). The van der Waals surface area contributed by atoms with Gasteiger partial charge in [0, 0.05) is 0 Å². The second-order valence-electron chi connectivity index (χ2n) is 4.69. The van der Waals surface area contributed by atoms with Gasteiger partial charge in [0.15, 0.2) is 0 Å². The molecule has 0 heterocycles. The summed E-state index contributed by atoms with van der Waals surface area (Å²) in [6.07, 6.45) is 0.738. The third-order valence-electron chi connectivity index (χ3n) is 3.23. The fraction of sp³-hybridized carbons (Fsp3) is 0.188. The van der Waals surface area contributed by atoms with Gasteiger partial charge in [0.1, 0.15) is 11.8 Å². The molecular weight excluding hydrogens is 254 g/mol. The molecule has 0 bridgehead atoms. The molecule has 1 unspecified atom stereocenters. The summed E-state index contributed by atoms with van der Waals surface area (Å²) >= 11 is 0. The number of phenolic OH excluding ortho intramolecular Hbond substituents is 1. The Kier molecular flexibility index (Phi) is 4.38. The highest BCUT2D eigenvalue weighted by atomic mass is 16.4. The topological polar surface area (TPSA) is 83.5 Å². The number of phenols is 1. The smallest absolute Gasteiger partial charge is 0.320 e. The van der Waals surface area contributed by atoms with Crippen LogP contribution in [-0.4, -0.2) is 22.2 Å². The van der Waals surface area contributed by atoms with E-state index in [1.165, 1.54) is 0 Å². The van der Waals surface area contributed by atoms with E-state index < -0.39 is 12.0 Å². The van der Waals surface area contributed by atoms with Gasteiger partial charge in [-0.15, -0.1) is 0 Å². The summed E-state index contributed by atoms with van der Waals surface area (Å²) < 4.78 is 0. The normalized spacial score (nSPS) is 12.1. The number of hydrogen-bond donors (Lipinski definition) is 3. The molecule has 1 atom stereocenters. The Morgan fingerprint density at radius 2 is 1.80 bits per heavy atom. The van der Waals surface area contributed by atoms with Crippen molar-refractivity contribution in [3.05, 3.63) is 54.1 Å². The Morgan fingerprint density at radius 3 is 2.40 bits per heavy atom. The van der Waals surface area contributed by atoms with E-state index in [0.29, 0.717) is 18.4 Å². The summed E-state index contributed by atoms with van der Waals surface area (Å²) in [4.78, 5) is 10.7. The summed E-state index contributed by atoms with van der Waals surface area (Å²) in [7, 11) is 0. The molecule has 0 radical (unpaired) electrons. The average Bonchev–Trinajstić information content (AvgIpc) is 2.46. The second kappa shape index (κ2) is 6.21. The number of rotatable bonds is 5. The zero-order chi connectivity index (χ0) is 14.5. The highest BCUT2D eigenvalue weighted by Crippen LogP contribution is 2.27. The molecule has 0 amide bonds. The first-order valence-electron chi connectivity index (χ1n) is 6.43. The summed E-state index contributed by atoms with van der Waals surface area (Å²) in [5.74, 6) is -0.852. The lowest BCUT2D eigenvalue weighted by molar-refractivity contribution is -0.138. The summed E-state index contributed by atoms with van der Waals surface area (Å²) in [5, 5.41) is 18.8. The van der Waals surface area contributed by atoms with Gasteiger partial charge < -0.3 is 15.9 Å². The maximum absolute atomic E-state index is 10.7. The highest BCUT2D eigenvalue weighted by molar-refractivity contribution is 5.73. The lowest BCUT2D eigenvalue weighted by atomic mass is 10.00. The number of carbonyl (C=O) groups is 1. The van der Waals surface area contributed by atoms with Crippen LogP contribution in [0.25, 0.3) is 11.1 Å². The Bertz CT molecular complexity index is 596. The zero-order valence-corrected chi connectivity index (χ0v) is 11.0. The van der Waals surface area contributed by atoms with Crippen molar-refractivity contribution in [1.82, 2.24) is 0 Å². The fourth-order valence-electron chi connectivity index (χ4n) is 2.02. The van der Waals surface area contributed by atoms with Crippen molar-refractivity contribution in [3.63, 3.8) is 0 Å². The third kappa shape index (κ3) is 3.36. The van der Waals surface area contributed by atoms with Gasteiger partial charge in [-0.25, -0.2) is 0 Å². The number of hydrogen-bond acceptors (Lipinski definition) is 3. The lowest BCUT2D eigenvalue weighted by Crippen LogP contribution is -2.30. The second-order valence-corrected chi connectivity index (χ2v) is 4.69. The SMILES string of the molecule is NC(CCc1ccc(-c2ccccc2)cc1O)C(=O)O. The quantitative estimate of drug-likeness (QED) is 0.779. The number of carboxylic acids is 1. The number of aliphatic carboxylic acids is 1. The van der Waals surface area contributed by atoms with Crippen LogP contribution in [0.1, 0.15) is 12.0 Å². The van der Waals surface area contributed by atoms with E-state index in [1.54, 1.807) is 6.07 Å². The van der Waals surface area contributed by atoms with Crippen LogP contribution in [0, 0.1) is 0 Å². The van der Waals surface area contributed by atoms with E-state index in [1.807, 2.05) is 42.5 Å². The van der Waals surface area contributed by atoms with Crippen LogP contribution in [0.15, 0.2) is 48.5 Å². The molecule has 4 nitrogen and oxygen atoms in total. The third-order valence-corrected chi connectivity index (χ3v) is 3.23. The van der Waals surface area contributed by atoms with Gasteiger partial charge in [-0.3, -0.25) is 4.79 Å². The first kappa shape index (κ1) is 14.1.